The van der Waals surface area contributed by atoms with Gasteiger partial charge >= 0.3 is 6.03 Å². The number of nitrogens with one attached hydrogen (secondary N) is 2. The molecule has 0 aromatic heterocycles. The molecule has 1 aliphatic heterocycles. The molecule has 0 unspecified atom stereocenters. The summed E-state index contributed by atoms with van der Waals surface area (Å²) in [5.74, 6) is 0. The summed E-state index contributed by atoms with van der Waals surface area (Å²) < 4.78 is 5.41. The fourth-order valence-corrected chi connectivity index (χ4v) is 3.25. The Morgan fingerprint density at radius 2 is 1.92 bits per heavy atom. The number of ether oxygens (including phenoxy) is 1. The first-order valence-corrected chi connectivity index (χ1v) is 9.14. The fraction of sp³-hybridized carbons (Fsp3) is 0.350. The number of morpholine rings is 1. The van der Waals surface area contributed by atoms with E-state index >= 15 is 0 Å². The third-order valence-corrected chi connectivity index (χ3v) is 4.73. The van der Waals surface area contributed by atoms with Gasteiger partial charge in [0, 0.05) is 24.7 Å². The van der Waals surface area contributed by atoms with E-state index in [0.29, 0.717) is 30.5 Å². The molecule has 2 aromatic carbocycles. The standard InChI is InChI=1S/C20H24ClN3O2/c1-14-3-4-16(15(2)11-14)13-22-20(25)23-18-12-17(21)5-6-19(18)24-7-9-26-10-8-24/h3-6,11-12H,7-10,13H2,1-2H3,(H2,22,23,25). The lowest BCUT2D eigenvalue weighted by molar-refractivity contribution is 0.123. The van der Waals surface area contributed by atoms with Gasteiger partial charge in [-0.15, -0.1) is 0 Å². The maximum Gasteiger partial charge on any atom is 0.319 e. The summed E-state index contributed by atoms with van der Waals surface area (Å²) in [5, 5.41) is 6.44. The number of rotatable bonds is 4. The number of carbonyl (C=O) groups excluding carboxylic acids is 1. The summed E-state index contributed by atoms with van der Waals surface area (Å²) in [5.41, 5.74) is 5.15. The van der Waals surface area contributed by atoms with Crippen molar-refractivity contribution in [2.45, 2.75) is 20.4 Å². The third kappa shape index (κ3) is 4.68. The van der Waals surface area contributed by atoms with Crippen molar-refractivity contribution in [3.8, 4) is 0 Å². The van der Waals surface area contributed by atoms with Gasteiger partial charge in [0.1, 0.15) is 0 Å². The van der Waals surface area contributed by atoms with E-state index < -0.39 is 0 Å². The Balaban J connectivity index is 1.67. The van der Waals surface area contributed by atoms with Gasteiger partial charge in [-0.1, -0.05) is 35.4 Å². The van der Waals surface area contributed by atoms with Crippen LogP contribution >= 0.6 is 11.6 Å². The number of amides is 2. The molecule has 1 aliphatic rings. The minimum atomic E-state index is -0.248. The Morgan fingerprint density at radius 1 is 1.15 bits per heavy atom. The van der Waals surface area contributed by atoms with Gasteiger partial charge in [-0.25, -0.2) is 4.79 Å². The highest BCUT2D eigenvalue weighted by Gasteiger charge is 2.16. The molecular weight excluding hydrogens is 350 g/mol. The molecule has 2 amide bonds. The highest BCUT2D eigenvalue weighted by Crippen LogP contribution is 2.29. The maximum atomic E-state index is 12.4. The number of carbonyl (C=O) groups is 1. The second-order valence-corrected chi connectivity index (χ2v) is 6.93. The Kier molecular flexibility index (Phi) is 6.01. The molecule has 1 saturated heterocycles. The molecule has 2 aromatic rings. The fourth-order valence-electron chi connectivity index (χ4n) is 3.07. The van der Waals surface area contributed by atoms with Crippen molar-refractivity contribution in [1.82, 2.24) is 5.32 Å². The average molecular weight is 374 g/mol. The molecule has 0 saturated carbocycles. The van der Waals surface area contributed by atoms with Gasteiger partial charge in [0.15, 0.2) is 0 Å². The second kappa shape index (κ2) is 8.43. The van der Waals surface area contributed by atoms with Crippen molar-refractivity contribution >= 4 is 29.0 Å². The molecule has 0 radical (unpaired) electrons. The number of halogens is 1. The highest BCUT2D eigenvalue weighted by molar-refractivity contribution is 6.31. The van der Waals surface area contributed by atoms with E-state index in [-0.39, 0.29) is 6.03 Å². The largest absolute Gasteiger partial charge is 0.378 e. The van der Waals surface area contributed by atoms with Gasteiger partial charge in [-0.05, 0) is 43.2 Å². The van der Waals surface area contributed by atoms with Crippen molar-refractivity contribution in [1.29, 1.82) is 0 Å². The van der Waals surface area contributed by atoms with E-state index in [9.17, 15) is 4.79 Å². The number of hydrogen-bond donors (Lipinski definition) is 2. The number of benzene rings is 2. The predicted octanol–water partition coefficient (Wildman–Crippen LogP) is 4.12. The lowest BCUT2D eigenvalue weighted by Gasteiger charge is -2.30. The molecule has 0 bridgehead atoms. The van der Waals surface area contributed by atoms with Crippen molar-refractivity contribution in [3.63, 3.8) is 0 Å². The zero-order chi connectivity index (χ0) is 18.5. The van der Waals surface area contributed by atoms with Crippen LogP contribution in [0.2, 0.25) is 5.02 Å². The van der Waals surface area contributed by atoms with Gasteiger partial charge in [0.2, 0.25) is 0 Å². The van der Waals surface area contributed by atoms with Gasteiger partial charge in [0.25, 0.3) is 0 Å². The Bertz CT molecular complexity index is 789. The van der Waals surface area contributed by atoms with Crippen LogP contribution in [0.15, 0.2) is 36.4 Å². The molecular formula is C20H24ClN3O2. The first-order valence-electron chi connectivity index (χ1n) is 8.76. The first kappa shape index (κ1) is 18.5. The molecule has 5 nitrogen and oxygen atoms in total. The first-order chi connectivity index (χ1) is 12.5. The van der Waals surface area contributed by atoms with Crippen LogP contribution in [-0.4, -0.2) is 32.3 Å². The smallest absolute Gasteiger partial charge is 0.319 e. The summed E-state index contributed by atoms with van der Waals surface area (Å²) in [6.07, 6.45) is 0. The number of aryl methyl sites for hydroxylation is 2. The molecule has 138 valence electrons. The van der Waals surface area contributed by atoms with Gasteiger partial charge in [-0.2, -0.15) is 0 Å². The van der Waals surface area contributed by atoms with Gasteiger partial charge < -0.3 is 20.3 Å². The van der Waals surface area contributed by atoms with Crippen LogP contribution in [-0.2, 0) is 11.3 Å². The Hall–Kier alpha value is -2.24. The zero-order valence-electron chi connectivity index (χ0n) is 15.1. The van der Waals surface area contributed by atoms with Crippen molar-refractivity contribution in [3.05, 3.63) is 58.1 Å². The molecule has 0 atom stereocenters. The summed E-state index contributed by atoms with van der Waals surface area (Å²) in [7, 11) is 0. The molecule has 0 aliphatic carbocycles. The molecule has 6 heteroatoms. The van der Waals surface area contributed by atoms with E-state index in [1.807, 2.05) is 18.2 Å². The van der Waals surface area contributed by atoms with E-state index in [1.54, 1.807) is 6.07 Å². The van der Waals surface area contributed by atoms with Crippen LogP contribution < -0.4 is 15.5 Å². The SMILES string of the molecule is Cc1ccc(CNC(=O)Nc2cc(Cl)ccc2N2CCOCC2)c(C)c1. The zero-order valence-corrected chi connectivity index (χ0v) is 15.9. The second-order valence-electron chi connectivity index (χ2n) is 6.50. The van der Waals surface area contributed by atoms with Crippen LogP contribution in [0.5, 0.6) is 0 Å². The minimum absolute atomic E-state index is 0.248. The van der Waals surface area contributed by atoms with Crippen LogP contribution in [0.25, 0.3) is 0 Å². The topological polar surface area (TPSA) is 53.6 Å². The molecule has 2 N–H and O–H groups in total. The third-order valence-electron chi connectivity index (χ3n) is 4.50. The van der Waals surface area contributed by atoms with Gasteiger partial charge in [-0.3, -0.25) is 0 Å². The highest BCUT2D eigenvalue weighted by atomic mass is 35.5. The van der Waals surface area contributed by atoms with E-state index in [1.165, 1.54) is 11.1 Å². The summed E-state index contributed by atoms with van der Waals surface area (Å²) in [6, 6.07) is 11.5. The van der Waals surface area contributed by atoms with E-state index in [0.717, 1.165) is 24.3 Å². The lowest BCUT2D eigenvalue weighted by atomic mass is 10.1. The van der Waals surface area contributed by atoms with Crippen LogP contribution in [0.1, 0.15) is 16.7 Å². The van der Waals surface area contributed by atoms with E-state index in [4.69, 9.17) is 16.3 Å². The number of anilines is 2. The normalized spacial score (nSPS) is 14.2. The van der Waals surface area contributed by atoms with E-state index in [2.05, 4.69) is 41.5 Å². The van der Waals surface area contributed by atoms with Crippen molar-refractivity contribution < 1.29 is 9.53 Å². The average Bonchev–Trinajstić information content (AvgIpc) is 2.62. The lowest BCUT2D eigenvalue weighted by Crippen LogP contribution is -2.37. The summed E-state index contributed by atoms with van der Waals surface area (Å²) in [4.78, 5) is 14.6. The molecule has 1 heterocycles. The molecule has 3 rings (SSSR count). The maximum absolute atomic E-state index is 12.4. The molecule has 0 spiro atoms. The number of hydrogen-bond acceptors (Lipinski definition) is 3. The van der Waals surface area contributed by atoms with Crippen LogP contribution in [0.4, 0.5) is 16.2 Å². The minimum Gasteiger partial charge on any atom is -0.378 e. The van der Waals surface area contributed by atoms with Gasteiger partial charge in [0.05, 0.1) is 24.6 Å². The quantitative estimate of drug-likeness (QED) is 0.847. The number of urea groups is 1. The van der Waals surface area contributed by atoms with Crippen LogP contribution in [0, 0.1) is 13.8 Å². The Morgan fingerprint density at radius 3 is 2.65 bits per heavy atom. The van der Waals surface area contributed by atoms with Crippen molar-refractivity contribution in [2.75, 3.05) is 36.5 Å². The summed E-state index contributed by atoms with van der Waals surface area (Å²) >= 11 is 6.13. The summed E-state index contributed by atoms with van der Waals surface area (Å²) in [6.45, 7) is 7.53. The molecule has 26 heavy (non-hydrogen) atoms. The Labute approximate surface area is 159 Å². The predicted molar refractivity (Wildman–Crippen MR) is 106 cm³/mol. The number of nitrogens with zero attached hydrogens (tertiary/aromatic N) is 1. The van der Waals surface area contributed by atoms with Crippen LogP contribution in [0.3, 0.4) is 0 Å². The monoisotopic (exact) mass is 373 g/mol. The molecule has 1 fully saturated rings. The van der Waals surface area contributed by atoms with Crippen molar-refractivity contribution in [2.24, 2.45) is 0 Å².